The molecule has 2 atom stereocenters. The summed E-state index contributed by atoms with van der Waals surface area (Å²) in [5.41, 5.74) is 5.93. The van der Waals surface area contributed by atoms with Gasteiger partial charge in [-0.05, 0) is 38.7 Å². The highest BCUT2D eigenvalue weighted by atomic mass is 32.1. The Balaban J connectivity index is 2.16. The van der Waals surface area contributed by atoms with Gasteiger partial charge < -0.3 is 10.6 Å². The molecule has 0 spiro atoms. The lowest BCUT2D eigenvalue weighted by Gasteiger charge is -2.29. The molecule has 2 aromatic heterocycles. The Kier molecular flexibility index (Phi) is 3.54. The van der Waals surface area contributed by atoms with E-state index in [1.54, 1.807) is 11.3 Å². The number of thiophene rings is 1. The van der Waals surface area contributed by atoms with E-state index in [0.29, 0.717) is 18.0 Å². The number of nitrogens with two attached hydrogens (primary N) is 1. The minimum atomic E-state index is 0.394. The van der Waals surface area contributed by atoms with E-state index >= 15 is 0 Å². The quantitative estimate of drug-likeness (QED) is 0.938. The van der Waals surface area contributed by atoms with Crippen LogP contribution in [0.4, 0.5) is 11.8 Å². The van der Waals surface area contributed by atoms with Gasteiger partial charge in [0.1, 0.15) is 10.6 Å². The average molecular weight is 290 g/mol. The van der Waals surface area contributed by atoms with Gasteiger partial charge in [0.2, 0.25) is 5.95 Å². The molecule has 2 unspecified atom stereocenters. The fraction of sp³-hybridized carbons (Fsp3) is 0.600. The number of nitrogen functional groups attached to an aromatic ring is 1. The van der Waals surface area contributed by atoms with Crippen molar-refractivity contribution in [2.45, 2.75) is 58.5 Å². The number of anilines is 2. The minimum absolute atomic E-state index is 0.394. The van der Waals surface area contributed by atoms with Crippen LogP contribution in [0, 0.1) is 0 Å². The lowest BCUT2D eigenvalue weighted by Crippen LogP contribution is -2.35. The lowest BCUT2D eigenvalue weighted by atomic mass is 10.1. The number of rotatable bonds is 3. The van der Waals surface area contributed by atoms with Gasteiger partial charge in [-0.3, -0.25) is 0 Å². The number of aromatic nitrogens is 2. The highest BCUT2D eigenvalue weighted by Crippen LogP contribution is 2.37. The Labute approximate surface area is 124 Å². The predicted octanol–water partition coefficient (Wildman–Crippen LogP) is 3.60. The molecule has 0 amide bonds. The van der Waals surface area contributed by atoms with Gasteiger partial charge in [0.15, 0.2) is 0 Å². The second kappa shape index (κ2) is 5.20. The van der Waals surface area contributed by atoms with E-state index in [1.165, 1.54) is 23.1 Å². The van der Waals surface area contributed by atoms with Crippen molar-refractivity contribution in [1.29, 1.82) is 0 Å². The van der Waals surface area contributed by atoms with Crippen molar-refractivity contribution in [1.82, 2.24) is 9.97 Å². The van der Waals surface area contributed by atoms with Crippen molar-refractivity contribution in [3.8, 4) is 0 Å². The molecule has 3 heterocycles. The van der Waals surface area contributed by atoms with Gasteiger partial charge in [0, 0.05) is 17.0 Å². The standard InChI is InChI=1S/C15H22N4S/c1-4-10-7-6-9(3)19(10)13-12-8-11(5-2)20-14(12)18-15(16)17-13/h8-10H,4-7H2,1-3H3,(H2,16,17,18). The molecule has 2 N–H and O–H groups in total. The number of fused-ring (bicyclic) bond motifs is 1. The summed E-state index contributed by atoms with van der Waals surface area (Å²) in [6, 6.07) is 3.35. The van der Waals surface area contributed by atoms with Gasteiger partial charge in [-0.15, -0.1) is 11.3 Å². The first-order chi connectivity index (χ1) is 9.63. The minimum Gasteiger partial charge on any atom is -0.368 e. The lowest BCUT2D eigenvalue weighted by molar-refractivity contribution is 0.623. The molecule has 1 aliphatic heterocycles. The molecular weight excluding hydrogens is 268 g/mol. The maximum absolute atomic E-state index is 5.93. The van der Waals surface area contributed by atoms with Gasteiger partial charge in [-0.25, -0.2) is 4.98 Å². The number of nitrogens with zero attached hydrogens (tertiary/aromatic N) is 3. The van der Waals surface area contributed by atoms with Crippen molar-refractivity contribution in [3.05, 3.63) is 10.9 Å². The van der Waals surface area contributed by atoms with Gasteiger partial charge in [-0.2, -0.15) is 4.98 Å². The summed E-state index contributed by atoms with van der Waals surface area (Å²) in [4.78, 5) is 13.8. The smallest absolute Gasteiger partial charge is 0.223 e. The van der Waals surface area contributed by atoms with Crippen LogP contribution in [0.2, 0.25) is 0 Å². The SMILES string of the molecule is CCc1cc2c(N3C(C)CCC3CC)nc(N)nc2s1. The largest absolute Gasteiger partial charge is 0.368 e. The van der Waals surface area contributed by atoms with Crippen LogP contribution in [0.15, 0.2) is 6.07 Å². The maximum Gasteiger partial charge on any atom is 0.223 e. The van der Waals surface area contributed by atoms with Crippen LogP contribution in [-0.2, 0) is 6.42 Å². The molecule has 2 aromatic rings. The number of hydrogen-bond donors (Lipinski definition) is 1. The van der Waals surface area contributed by atoms with Gasteiger partial charge in [-0.1, -0.05) is 13.8 Å². The molecule has 3 rings (SSSR count). The first-order valence-corrected chi connectivity index (χ1v) is 8.30. The normalized spacial score (nSPS) is 22.9. The third-order valence-corrected chi connectivity index (χ3v) is 5.46. The molecular formula is C15H22N4S. The second-order valence-corrected chi connectivity index (χ2v) is 6.70. The third-order valence-electron chi connectivity index (χ3n) is 4.29. The van der Waals surface area contributed by atoms with Crippen molar-refractivity contribution in [2.24, 2.45) is 0 Å². The first-order valence-electron chi connectivity index (χ1n) is 7.48. The zero-order valence-corrected chi connectivity index (χ0v) is 13.2. The summed E-state index contributed by atoms with van der Waals surface area (Å²) >= 11 is 1.74. The number of aryl methyl sites for hydroxylation is 1. The van der Waals surface area contributed by atoms with Crippen LogP contribution in [0.5, 0.6) is 0 Å². The summed E-state index contributed by atoms with van der Waals surface area (Å²) in [6.07, 6.45) is 4.66. The Morgan fingerprint density at radius 3 is 2.85 bits per heavy atom. The molecule has 1 aliphatic rings. The van der Waals surface area contributed by atoms with Crippen molar-refractivity contribution < 1.29 is 0 Å². The van der Waals surface area contributed by atoms with Gasteiger partial charge in [0.05, 0.1) is 5.39 Å². The molecule has 0 bridgehead atoms. The van der Waals surface area contributed by atoms with E-state index in [1.807, 2.05) is 0 Å². The predicted molar refractivity (Wildman–Crippen MR) is 86.5 cm³/mol. The van der Waals surface area contributed by atoms with E-state index in [0.717, 1.165) is 23.5 Å². The Morgan fingerprint density at radius 1 is 1.35 bits per heavy atom. The van der Waals surface area contributed by atoms with E-state index in [9.17, 15) is 0 Å². The molecule has 0 radical (unpaired) electrons. The molecule has 1 saturated heterocycles. The molecule has 5 heteroatoms. The van der Waals surface area contributed by atoms with Crippen LogP contribution < -0.4 is 10.6 Å². The van der Waals surface area contributed by atoms with Crippen molar-refractivity contribution >= 4 is 33.3 Å². The average Bonchev–Trinajstić information content (AvgIpc) is 3.00. The zero-order valence-electron chi connectivity index (χ0n) is 12.4. The van der Waals surface area contributed by atoms with Gasteiger partial charge in [0.25, 0.3) is 0 Å². The Morgan fingerprint density at radius 2 is 2.15 bits per heavy atom. The van der Waals surface area contributed by atoms with Crippen LogP contribution >= 0.6 is 11.3 Å². The first kappa shape index (κ1) is 13.6. The summed E-state index contributed by atoms with van der Waals surface area (Å²) in [5, 5.41) is 1.17. The van der Waals surface area contributed by atoms with Crippen LogP contribution in [-0.4, -0.2) is 22.1 Å². The molecule has 1 fully saturated rings. The number of hydrogen-bond acceptors (Lipinski definition) is 5. The molecule has 4 nitrogen and oxygen atoms in total. The van der Waals surface area contributed by atoms with Crippen LogP contribution in [0.1, 0.15) is 44.9 Å². The fourth-order valence-corrected chi connectivity index (χ4v) is 4.17. The molecule has 108 valence electrons. The van der Waals surface area contributed by atoms with Crippen LogP contribution in [0.25, 0.3) is 10.2 Å². The summed E-state index contributed by atoms with van der Waals surface area (Å²) < 4.78 is 0. The Bertz CT molecular complexity index is 622. The topological polar surface area (TPSA) is 55.0 Å². The highest BCUT2D eigenvalue weighted by Gasteiger charge is 2.32. The second-order valence-electron chi connectivity index (χ2n) is 5.59. The maximum atomic E-state index is 5.93. The van der Waals surface area contributed by atoms with Gasteiger partial charge >= 0.3 is 0 Å². The monoisotopic (exact) mass is 290 g/mol. The van der Waals surface area contributed by atoms with E-state index in [4.69, 9.17) is 5.73 Å². The van der Waals surface area contributed by atoms with E-state index < -0.39 is 0 Å². The summed E-state index contributed by atoms with van der Waals surface area (Å²) in [7, 11) is 0. The third kappa shape index (κ3) is 2.14. The van der Waals surface area contributed by atoms with Crippen molar-refractivity contribution in [3.63, 3.8) is 0 Å². The van der Waals surface area contributed by atoms with E-state index in [-0.39, 0.29) is 0 Å². The summed E-state index contributed by atoms with van der Waals surface area (Å²) in [5.74, 6) is 1.44. The highest BCUT2D eigenvalue weighted by molar-refractivity contribution is 7.18. The zero-order chi connectivity index (χ0) is 14.3. The Hall–Kier alpha value is -1.36. The van der Waals surface area contributed by atoms with Crippen LogP contribution in [0.3, 0.4) is 0 Å². The van der Waals surface area contributed by atoms with Crippen molar-refractivity contribution in [2.75, 3.05) is 10.6 Å². The molecule has 0 saturated carbocycles. The molecule has 0 aromatic carbocycles. The molecule has 20 heavy (non-hydrogen) atoms. The molecule has 0 aliphatic carbocycles. The fourth-order valence-electron chi connectivity index (χ4n) is 3.20. The summed E-state index contributed by atoms with van der Waals surface area (Å²) in [6.45, 7) is 6.71. The van der Waals surface area contributed by atoms with E-state index in [2.05, 4.69) is 41.7 Å².